The van der Waals surface area contributed by atoms with E-state index in [-0.39, 0.29) is 0 Å². The van der Waals surface area contributed by atoms with Crippen LogP contribution in [0.4, 0.5) is 0 Å². The third-order valence-electron chi connectivity index (χ3n) is 3.38. The molecule has 5 rings (SSSR count). The number of nitrogens with zero attached hydrogens (tertiary/aromatic N) is 6. The van der Waals surface area contributed by atoms with E-state index in [1.165, 1.54) is 0 Å². The van der Waals surface area contributed by atoms with Crippen LogP contribution in [0.3, 0.4) is 0 Å². The lowest BCUT2D eigenvalue weighted by molar-refractivity contribution is 0.0117. The quantitative estimate of drug-likeness (QED) is 0.411. The lowest BCUT2D eigenvalue weighted by Gasteiger charge is -1.99. The van der Waals surface area contributed by atoms with Gasteiger partial charge in [0, 0.05) is 12.4 Å². The van der Waals surface area contributed by atoms with Crippen molar-refractivity contribution < 1.29 is 10.4 Å². The molecule has 9 nitrogen and oxygen atoms in total. The minimum absolute atomic E-state index is 0.627. The van der Waals surface area contributed by atoms with Gasteiger partial charge in [-0.3, -0.25) is 10.3 Å². The van der Waals surface area contributed by atoms with Crippen molar-refractivity contribution in [3.8, 4) is 0 Å². The molecule has 3 heterocycles. The zero-order valence-electron chi connectivity index (χ0n) is 14.2. The number of hydroxylamine groups is 2. The molecule has 0 saturated heterocycles. The Morgan fingerprint density at radius 3 is 2.11 bits per heavy atom. The topological polar surface area (TPSA) is 116 Å². The lowest BCUT2D eigenvalue weighted by atomic mass is 10.3. The number of hydrogen-bond acceptors (Lipinski definition) is 7. The SMILES string of the molecule is ON1C=CC=CC=C1.On1nnc2ccccc21.c1ccc2[nH]nnc2c1. The molecule has 0 atom stereocenters. The molecule has 1 aliphatic heterocycles. The number of fused-ring (bicyclic) bond motifs is 2. The third-order valence-corrected chi connectivity index (χ3v) is 3.38. The molecule has 0 radical (unpaired) electrons. The van der Waals surface area contributed by atoms with Crippen LogP contribution in [0.25, 0.3) is 22.1 Å². The summed E-state index contributed by atoms with van der Waals surface area (Å²) < 4.78 is 0. The van der Waals surface area contributed by atoms with Crippen molar-refractivity contribution in [3.63, 3.8) is 0 Å². The van der Waals surface area contributed by atoms with E-state index in [2.05, 4.69) is 25.7 Å². The van der Waals surface area contributed by atoms with Gasteiger partial charge in [0.15, 0.2) is 0 Å². The summed E-state index contributed by atoms with van der Waals surface area (Å²) in [6.07, 6.45) is 10.3. The molecule has 0 aliphatic carbocycles. The molecule has 136 valence electrons. The van der Waals surface area contributed by atoms with Gasteiger partial charge in [0.25, 0.3) is 0 Å². The van der Waals surface area contributed by atoms with Crippen molar-refractivity contribution in [2.45, 2.75) is 0 Å². The molecule has 9 heteroatoms. The Kier molecular flexibility index (Phi) is 5.89. The highest BCUT2D eigenvalue weighted by Crippen LogP contribution is 2.06. The largest absolute Gasteiger partial charge is 0.410 e. The van der Waals surface area contributed by atoms with Gasteiger partial charge in [-0.2, -0.15) is 0 Å². The summed E-state index contributed by atoms with van der Waals surface area (Å²) in [6, 6.07) is 14.9. The number of para-hydroxylation sites is 2. The summed E-state index contributed by atoms with van der Waals surface area (Å²) >= 11 is 0. The molecule has 2 aromatic heterocycles. The van der Waals surface area contributed by atoms with E-state index in [0.717, 1.165) is 20.9 Å². The summed E-state index contributed by atoms with van der Waals surface area (Å²) in [4.78, 5) is 0.759. The average Bonchev–Trinajstić information content (AvgIpc) is 3.25. The highest BCUT2D eigenvalue weighted by atomic mass is 16.5. The van der Waals surface area contributed by atoms with E-state index < -0.39 is 0 Å². The van der Waals surface area contributed by atoms with Crippen molar-refractivity contribution in [1.29, 1.82) is 0 Å². The van der Waals surface area contributed by atoms with Gasteiger partial charge in [-0.15, -0.1) is 10.2 Å². The molecule has 27 heavy (non-hydrogen) atoms. The Balaban J connectivity index is 0.000000118. The van der Waals surface area contributed by atoms with Gasteiger partial charge in [0.1, 0.15) is 16.6 Å². The summed E-state index contributed by atoms with van der Waals surface area (Å²) in [5, 5.41) is 36.0. The maximum Gasteiger partial charge on any atom is 0.130 e. The first kappa shape index (κ1) is 17.8. The van der Waals surface area contributed by atoms with Crippen molar-refractivity contribution in [1.82, 2.24) is 35.6 Å². The minimum atomic E-state index is 0.627. The maximum absolute atomic E-state index is 8.95. The molecular weight excluding hydrogens is 346 g/mol. The monoisotopic (exact) mass is 363 g/mol. The number of benzene rings is 2. The first-order valence-electron chi connectivity index (χ1n) is 7.98. The lowest BCUT2D eigenvalue weighted by Crippen LogP contribution is -1.98. The van der Waals surface area contributed by atoms with Crippen LogP contribution in [0.5, 0.6) is 0 Å². The molecule has 4 aromatic rings. The third kappa shape index (κ3) is 5.00. The fourth-order valence-corrected chi connectivity index (χ4v) is 2.10. The van der Waals surface area contributed by atoms with E-state index in [1.54, 1.807) is 36.7 Å². The average molecular weight is 363 g/mol. The first-order valence-corrected chi connectivity index (χ1v) is 7.98. The van der Waals surface area contributed by atoms with E-state index in [0.29, 0.717) is 11.0 Å². The second-order valence-electron chi connectivity index (χ2n) is 5.24. The smallest absolute Gasteiger partial charge is 0.130 e. The molecule has 0 unspecified atom stereocenters. The van der Waals surface area contributed by atoms with E-state index >= 15 is 0 Å². The predicted octanol–water partition coefficient (Wildman–Crippen LogP) is 2.90. The van der Waals surface area contributed by atoms with Crippen LogP contribution in [0.2, 0.25) is 0 Å². The Morgan fingerprint density at radius 2 is 1.41 bits per heavy atom. The van der Waals surface area contributed by atoms with Crippen molar-refractivity contribution in [3.05, 3.63) is 85.2 Å². The van der Waals surface area contributed by atoms with Gasteiger partial charge < -0.3 is 5.21 Å². The standard InChI is InChI=1S/C6H5N3O.C6H5N3.C6H7NO/c10-9-6-4-2-1-3-5(6)7-8-9;1-2-4-6-5(3-1)7-9-8-6;8-7-5-3-1-2-4-6-7/h1-4,10H;1-4H,(H,7,8,9);1-6,8H. The van der Waals surface area contributed by atoms with Crippen molar-refractivity contribution in [2.75, 3.05) is 0 Å². The molecule has 0 saturated carbocycles. The van der Waals surface area contributed by atoms with Crippen LogP contribution in [0, 0.1) is 0 Å². The number of nitrogens with one attached hydrogen (secondary N) is 1. The molecule has 1 aliphatic rings. The van der Waals surface area contributed by atoms with Gasteiger partial charge in [-0.05, 0) is 41.6 Å². The van der Waals surface area contributed by atoms with Crippen LogP contribution >= 0.6 is 0 Å². The van der Waals surface area contributed by atoms with E-state index in [4.69, 9.17) is 10.4 Å². The maximum atomic E-state index is 8.95. The Bertz CT molecular complexity index is 1040. The molecule has 0 bridgehead atoms. The molecule has 0 amide bonds. The highest BCUT2D eigenvalue weighted by Gasteiger charge is 1.98. The summed E-state index contributed by atoms with van der Waals surface area (Å²) in [5.74, 6) is 0. The van der Waals surface area contributed by atoms with E-state index in [1.807, 2.05) is 48.6 Å². The van der Waals surface area contributed by atoms with Crippen LogP contribution in [0.1, 0.15) is 0 Å². The molecular formula is C18H17N7O2. The van der Waals surface area contributed by atoms with Crippen LogP contribution < -0.4 is 0 Å². The van der Waals surface area contributed by atoms with Gasteiger partial charge >= 0.3 is 0 Å². The fraction of sp³-hybridized carbons (Fsp3) is 0. The summed E-state index contributed by atoms with van der Waals surface area (Å²) in [6.45, 7) is 0. The summed E-state index contributed by atoms with van der Waals surface area (Å²) in [7, 11) is 0. The zero-order chi connectivity index (χ0) is 18.9. The molecule has 3 N–H and O–H groups in total. The predicted molar refractivity (Wildman–Crippen MR) is 99.6 cm³/mol. The van der Waals surface area contributed by atoms with Gasteiger partial charge in [-0.1, -0.05) is 46.5 Å². The van der Waals surface area contributed by atoms with Crippen molar-refractivity contribution in [2.24, 2.45) is 0 Å². The first-order chi connectivity index (χ1) is 13.2. The van der Waals surface area contributed by atoms with Gasteiger partial charge in [0.2, 0.25) is 0 Å². The van der Waals surface area contributed by atoms with Crippen LogP contribution in [0.15, 0.2) is 85.2 Å². The number of rotatable bonds is 0. The van der Waals surface area contributed by atoms with Gasteiger partial charge in [-0.25, -0.2) is 5.06 Å². The number of aromatic nitrogens is 6. The Hall–Kier alpha value is -3.98. The molecule has 0 fully saturated rings. The normalized spacial score (nSPS) is 12.3. The second kappa shape index (κ2) is 8.92. The van der Waals surface area contributed by atoms with Gasteiger partial charge in [0.05, 0.1) is 5.52 Å². The molecule has 2 aromatic carbocycles. The highest BCUT2D eigenvalue weighted by molar-refractivity contribution is 5.73. The van der Waals surface area contributed by atoms with E-state index in [9.17, 15) is 0 Å². The number of H-pyrrole nitrogens is 1. The second-order valence-corrected chi connectivity index (χ2v) is 5.24. The summed E-state index contributed by atoms with van der Waals surface area (Å²) in [5.41, 5.74) is 3.22. The number of aromatic amines is 1. The van der Waals surface area contributed by atoms with Crippen LogP contribution in [-0.4, -0.2) is 46.0 Å². The zero-order valence-corrected chi connectivity index (χ0v) is 14.2. The minimum Gasteiger partial charge on any atom is -0.410 e. The number of hydrogen-bond donors (Lipinski definition) is 3. The fourth-order valence-electron chi connectivity index (χ4n) is 2.10. The number of allylic oxidation sites excluding steroid dienone is 4. The van der Waals surface area contributed by atoms with Crippen molar-refractivity contribution >= 4 is 22.1 Å². The Morgan fingerprint density at radius 1 is 0.741 bits per heavy atom. The van der Waals surface area contributed by atoms with Crippen LogP contribution in [-0.2, 0) is 0 Å². The molecule has 0 spiro atoms. The Labute approximate surface area is 154 Å².